The molecule has 0 bridgehead atoms. The molecule has 1 atom stereocenters. The smallest absolute Gasteiger partial charge is 0.128 e. The van der Waals surface area contributed by atoms with Crippen molar-refractivity contribution < 1.29 is 4.39 Å². The highest BCUT2D eigenvalue weighted by Gasteiger charge is 2.20. The lowest BCUT2D eigenvalue weighted by molar-refractivity contribution is 0.559. The van der Waals surface area contributed by atoms with Crippen LogP contribution < -0.4 is 5.32 Å². The van der Waals surface area contributed by atoms with Gasteiger partial charge in [0.15, 0.2) is 0 Å². The average Bonchev–Trinajstić information content (AvgIpc) is 2.43. The number of nitrogens with one attached hydrogen (secondary N) is 1. The van der Waals surface area contributed by atoms with Gasteiger partial charge in [0, 0.05) is 10.6 Å². The van der Waals surface area contributed by atoms with Crippen molar-refractivity contribution >= 4 is 34.8 Å². The molecular formula is C15H13Cl3FN. The molecule has 0 radical (unpaired) electrons. The van der Waals surface area contributed by atoms with Crippen LogP contribution in [-0.2, 0) is 0 Å². The van der Waals surface area contributed by atoms with Gasteiger partial charge in [0.2, 0.25) is 0 Å². The van der Waals surface area contributed by atoms with E-state index < -0.39 is 6.04 Å². The molecule has 0 aromatic heterocycles. The quantitative estimate of drug-likeness (QED) is 0.781. The first-order valence-electron chi connectivity index (χ1n) is 6.16. The third-order valence-electron chi connectivity index (χ3n) is 2.97. The van der Waals surface area contributed by atoms with E-state index in [1.165, 1.54) is 12.1 Å². The summed E-state index contributed by atoms with van der Waals surface area (Å²) in [5, 5.41) is 4.54. The summed E-state index contributed by atoms with van der Waals surface area (Å²) in [6.45, 7) is 2.59. The predicted octanol–water partition coefficient (Wildman–Crippen LogP) is 5.48. The van der Waals surface area contributed by atoms with Crippen LogP contribution in [0.3, 0.4) is 0 Å². The van der Waals surface area contributed by atoms with Crippen LogP contribution in [0.25, 0.3) is 0 Å². The van der Waals surface area contributed by atoms with Crippen molar-refractivity contribution in [2.24, 2.45) is 0 Å². The average molecular weight is 333 g/mol. The highest BCUT2D eigenvalue weighted by molar-refractivity contribution is 6.42. The molecule has 0 saturated carbocycles. The third kappa shape index (κ3) is 3.26. The molecule has 106 valence electrons. The molecule has 0 heterocycles. The zero-order chi connectivity index (χ0) is 14.7. The van der Waals surface area contributed by atoms with E-state index in [1.54, 1.807) is 18.2 Å². The number of benzene rings is 2. The minimum absolute atomic E-state index is 0.337. The van der Waals surface area contributed by atoms with Crippen molar-refractivity contribution in [1.82, 2.24) is 5.32 Å². The Morgan fingerprint density at radius 2 is 1.85 bits per heavy atom. The van der Waals surface area contributed by atoms with Crippen LogP contribution in [0.2, 0.25) is 15.1 Å². The number of hydrogen-bond donors (Lipinski definition) is 1. The van der Waals surface area contributed by atoms with E-state index in [0.29, 0.717) is 27.2 Å². The monoisotopic (exact) mass is 331 g/mol. The van der Waals surface area contributed by atoms with E-state index in [1.807, 2.05) is 13.0 Å². The summed E-state index contributed by atoms with van der Waals surface area (Å²) in [4.78, 5) is 0. The van der Waals surface area contributed by atoms with Crippen molar-refractivity contribution in [3.8, 4) is 0 Å². The van der Waals surface area contributed by atoms with E-state index >= 15 is 0 Å². The molecule has 0 aliphatic rings. The molecule has 20 heavy (non-hydrogen) atoms. The molecule has 0 aliphatic carbocycles. The second-order valence-electron chi connectivity index (χ2n) is 4.30. The lowest BCUT2D eigenvalue weighted by Gasteiger charge is -2.21. The van der Waals surface area contributed by atoms with Gasteiger partial charge in [-0.3, -0.25) is 0 Å². The van der Waals surface area contributed by atoms with Crippen molar-refractivity contribution in [1.29, 1.82) is 0 Å². The summed E-state index contributed by atoms with van der Waals surface area (Å²) in [5.41, 5.74) is 1.17. The van der Waals surface area contributed by atoms with E-state index in [4.69, 9.17) is 34.8 Å². The summed E-state index contributed by atoms with van der Waals surface area (Å²) < 4.78 is 14.1. The van der Waals surface area contributed by atoms with Crippen LogP contribution in [-0.4, -0.2) is 6.54 Å². The van der Waals surface area contributed by atoms with Gasteiger partial charge < -0.3 is 5.32 Å². The van der Waals surface area contributed by atoms with Gasteiger partial charge in [0.05, 0.1) is 16.1 Å². The maximum Gasteiger partial charge on any atom is 0.128 e. The highest BCUT2D eigenvalue weighted by Crippen LogP contribution is 2.34. The first-order valence-corrected chi connectivity index (χ1v) is 7.30. The minimum atomic E-state index is -0.398. The zero-order valence-corrected chi connectivity index (χ0v) is 13.0. The van der Waals surface area contributed by atoms with Crippen LogP contribution in [0.1, 0.15) is 24.1 Å². The third-order valence-corrected chi connectivity index (χ3v) is 4.04. The van der Waals surface area contributed by atoms with E-state index in [0.717, 1.165) is 5.56 Å². The Balaban J connectivity index is 2.56. The fourth-order valence-corrected chi connectivity index (χ4v) is 2.67. The molecule has 2 aromatic rings. The first-order chi connectivity index (χ1) is 9.54. The SMILES string of the molecule is CCNC(c1cc(Cl)ccc1F)c1cccc(Cl)c1Cl. The minimum Gasteiger partial charge on any atom is -0.306 e. The summed E-state index contributed by atoms with van der Waals surface area (Å²) in [7, 11) is 0. The molecule has 0 fully saturated rings. The van der Waals surface area contributed by atoms with Crippen LogP contribution in [0, 0.1) is 5.82 Å². The van der Waals surface area contributed by atoms with Crippen molar-refractivity contribution in [2.75, 3.05) is 6.54 Å². The molecule has 2 aromatic carbocycles. The van der Waals surface area contributed by atoms with E-state index in [-0.39, 0.29) is 5.82 Å². The van der Waals surface area contributed by atoms with Crippen molar-refractivity contribution in [3.05, 3.63) is 68.4 Å². The second kappa shape index (κ2) is 6.77. The highest BCUT2D eigenvalue weighted by atomic mass is 35.5. The lowest BCUT2D eigenvalue weighted by Crippen LogP contribution is -2.23. The topological polar surface area (TPSA) is 12.0 Å². The van der Waals surface area contributed by atoms with Gasteiger partial charge in [0.25, 0.3) is 0 Å². The van der Waals surface area contributed by atoms with E-state index in [9.17, 15) is 4.39 Å². The zero-order valence-electron chi connectivity index (χ0n) is 10.8. The maximum atomic E-state index is 14.1. The van der Waals surface area contributed by atoms with Gasteiger partial charge >= 0.3 is 0 Å². The number of halogens is 4. The molecule has 5 heteroatoms. The van der Waals surface area contributed by atoms with Crippen molar-refractivity contribution in [2.45, 2.75) is 13.0 Å². The number of rotatable bonds is 4. The number of hydrogen-bond acceptors (Lipinski definition) is 1. The lowest BCUT2D eigenvalue weighted by atomic mass is 9.98. The van der Waals surface area contributed by atoms with Gasteiger partial charge in [-0.2, -0.15) is 0 Å². The van der Waals surface area contributed by atoms with Crippen LogP contribution in [0.5, 0.6) is 0 Å². The summed E-state index contributed by atoms with van der Waals surface area (Å²) in [6, 6.07) is 9.37. The largest absolute Gasteiger partial charge is 0.306 e. The van der Waals surface area contributed by atoms with Crippen LogP contribution >= 0.6 is 34.8 Å². The normalized spacial score (nSPS) is 12.4. The fraction of sp³-hybridized carbons (Fsp3) is 0.200. The molecule has 0 aliphatic heterocycles. The van der Waals surface area contributed by atoms with Crippen molar-refractivity contribution in [3.63, 3.8) is 0 Å². The Morgan fingerprint density at radius 1 is 1.10 bits per heavy atom. The van der Waals surface area contributed by atoms with Crippen LogP contribution in [0.15, 0.2) is 36.4 Å². The van der Waals surface area contributed by atoms with Gasteiger partial charge in [0.1, 0.15) is 5.82 Å². The molecule has 1 nitrogen and oxygen atoms in total. The Bertz CT molecular complexity index is 614. The molecule has 1 N–H and O–H groups in total. The molecule has 2 rings (SSSR count). The second-order valence-corrected chi connectivity index (χ2v) is 5.52. The Labute approximate surface area is 132 Å². The Kier molecular flexibility index (Phi) is 5.28. The molecule has 0 amide bonds. The molecule has 1 unspecified atom stereocenters. The van der Waals surface area contributed by atoms with E-state index in [2.05, 4.69) is 5.32 Å². The fourth-order valence-electron chi connectivity index (χ4n) is 2.07. The summed E-state index contributed by atoms with van der Waals surface area (Å²) in [6.07, 6.45) is 0. The standard InChI is InChI=1S/C15H13Cl3FN/c1-2-20-15(10-4-3-5-12(17)14(10)18)11-8-9(16)6-7-13(11)19/h3-8,15,20H,2H2,1H3. The predicted molar refractivity (Wildman–Crippen MR) is 83.4 cm³/mol. The van der Waals surface area contributed by atoms with Gasteiger partial charge in [-0.05, 0) is 36.4 Å². The first kappa shape index (κ1) is 15.6. The van der Waals surface area contributed by atoms with Crippen LogP contribution in [0.4, 0.5) is 4.39 Å². The molecular weight excluding hydrogens is 320 g/mol. The van der Waals surface area contributed by atoms with Gasteiger partial charge in [-0.1, -0.05) is 53.9 Å². The summed E-state index contributed by atoms with van der Waals surface area (Å²) in [5.74, 6) is -0.337. The Hall–Kier alpha value is -0.800. The molecule has 0 saturated heterocycles. The molecule has 0 spiro atoms. The Morgan fingerprint density at radius 3 is 2.55 bits per heavy atom. The summed E-state index contributed by atoms with van der Waals surface area (Å²) >= 11 is 18.2. The van der Waals surface area contributed by atoms with Gasteiger partial charge in [-0.15, -0.1) is 0 Å². The van der Waals surface area contributed by atoms with Gasteiger partial charge in [-0.25, -0.2) is 4.39 Å². The maximum absolute atomic E-state index is 14.1.